The molecule has 2 atom stereocenters. The van der Waals surface area contributed by atoms with Crippen LogP contribution in [-0.4, -0.2) is 35.6 Å². The molecule has 2 aromatic carbocycles. The third kappa shape index (κ3) is 4.77. The number of hydrogen-bond donors (Lipinski definition) is 2. The van der Waals surface area contributed by atoms with Gasteiger partial charge in [-0.25, -0.2) is 0 Å². The maximum Gasteiger partial charge on any atom is 0.246 e. The Morgan fingerprint density at radius 3 is 2.54 bits per heavy atom. The summed E-state index contributed by atoms with van der Waals surface area (Å²) in [6, 6.07) is 14.3. The maximum absolute atomic E-state index is 13.1. The number of rotatable bonds is 5. The summed E-state index contributed by atoms with van der Waals surface area (Å²) in [7, 11) is 0. The van der Waals surface area contributed by atoms with Crippen LogP contribution < -0.4 is 5.32 Å². The molecule has 26 heavy (non-hydrogen) atoms. The SMILES string of the molecule is O=C(Nc1cc(Cl)cc(Cl)c1)C(c1ccccc1)N1CCCC(CO)C1. The molecular weight excluding hydrogens is 371 g/mol. The van der Waals surface area contributed by atoms with Gasteiger partial charge in [-0.15, -0.1) is 0 Å². The molecule has 1 saturated heterocycles. The minimum absolute atomic E-state index is 0.131. The molecule has 0 aliphatic carbocycles. The molecule has 0 aromatic heterocycles. The standard InChI is InChI=1S/C20H22Cl2N2O2/c21-16-9-17(22)11-18(10-16)23-20(26)19(15-6-2-1-3-7-15)24-8-4-5-14(12-24)13-25/h1-3,6-7,9-11,14,19,25H,4-5,8,12-13H2,(H,23,26). The first-order valence-electron chi connectivity index (χ1n) is 8.73. The van der Waals surface area contributed by atoms with E-state index >= 15 is 0 Å². The Bertz CT molecular complexity index is 734. The van der Waals surface area contributed by atoms with E-state index in [2.05, 4.69) is 10.2 Å². The number of carbonyl (C=O) groups is 1. The molecule has 3 rings (SSSR count). The van der Waals surface area contributed by atoms with Gasteiger partial charge in [0.1, 0.15) is 6.04 Å². The number of carbonyl (C=O) groups excluding carboxylic acids is 1. The van der Waals surface area contributed by atoms with Crippen LogP contribution in [0.25, 0.3) is 0 Å². The third-order valence-corrected chi connectivity index (χ3v) is 5.10. The number of hydrogen-bond acceptors (Lipinski definition) is 3. The van der Waals surface area contributed by atoms with Gasteiger partial charge in [0, 0.05) is 28.9 Å². The largest absolute Gasteiger partial charge is 0.396 e. The molecule has 1 amide bonds. The van der Waals surface area contributed by atoms with Crippen LogP contribution in [0.3, 0.4) is 0 Å². The Hall–Kier alpha value is -1.59. The van der Waals surface area contributed by atoms with E-state index in [4.69, 9.17) is 23.2 Å². The molecule has 4 nitrogen and oxygen atoms in total. The summed E-state index contributed by atoms with van der Waals surface area (Å²) in [6.07, 6.45) is 1.95. The Balaban J connectivity index is 1.86. The van der Waals surface area contributed by atoms with Crippen molar-refractivity contribution in [1.29, 1.82) is 0 Å². The lowest BCUT2D eigenvalue weighted by atomic mass is 9.95. The molecular formula is C20H22Cl2N2O2. The highest BCUT2D eigenvalue weighted by Crippen LogP contribution is 2.29. The summed E-state index contributed by atoms with van der Waals surface area (Å²) >= 11 is 12.1. The molecule has 2 N–H and O–H groups in total. The Morgan fingerprint density at radius 1 is 1.19 bits per heavy atom. The van der Waals surface area contributed by atoms with Crippen LogP contribution in [0, 0.1) is 5.92 Å². The van der Waals surface area contributed by atoms with Crippen molar-refractivity contribution in [2.24, 2.45) is 5.92 Å². The fourth-order valence-electron chi connectivity index (χ4n) is 3.48. The van der Waals surface area contributed by atoms with Crippen LogP contribution >= 0.6 is 23.2 Å². The van der Waals surface area contributed by atoms with Gasteiger partial charge >= 0.3 is 0 Å². The number of likely N-dealkylation sites (tertiary alicyclic amines) is 1. The van der Waals surface area contributed by atoms with Crippen molar-refractivity contribution < 1.29 is 9.90 Å². The second kappa shape index (κ2) is 8.87. The lowest BCUT2D eigenvalue weighted by molar-refractivity contribution is -0.122. The topological polar surface area (TPSA) is 52.6 Å². The van der Waals surface area contributed by atoms with Crippen LogP contribution in [0.1, 0.15) is 24.4 Å². The minimum atomic E-state index is -0.427. The van der Waals surface area contributed by atoms with E-state index in [1.165, 1.54) is 0 Å². The number of anilines is 1. The molecule has 0 spiro atoms. The fourth-order valence-corrected chi connectivity index (χ4v) is 4.01. The van der Waals surface area contributed by atoms with Crippen LogP contribution in [0.15, 0.2) is 48.5 Å². The van der Waals surface area contributed by atoms with E-state index in [1.807, 2.05) is 30.3 Å². The summed E-state index contributed by atoms with van der Waals surface area (Å²) in [5, 5.41) is 13.4. The molecule has 6 heteroatoms. The first kappa shape index (κ1) is 19.2. The zero-order chi connectivity index (χ0) is 18.5. The van der Waals surface area contributed by atoms with Crippen molar-refractivity contribution in [3.63, 3.8) is 0 Å². The van der Waals surface area contributed by atoms with Crippen molar-refractivity contribution >= 4 is 34.8 Å². The smallest absolute Gasteiger partial charge is 0.246 e. The number of aliphatic hydroxyl groups excluding tert-OH is 1. The van der Waals surface area contributed by atoms with Gasteiger partial charge in [-0.3, -0.25) is 9.69 Å². The number of piperidine rings is 1. The van der Waals surface area contributed by atoms with E-state index in [0.29, 0.717) is 22.3 Å². The zero-order valence-electron chi connectivity index (χ0n) is 14.4. The molecule has 1 fully saturated rings. The lowest BCUT2D eigenvalue weighted by Gasteiger charge is -2.37. The predicted molar refractivity (Wildman–Crippen MR) is 106 cm³/mol. The number of halogens is 2. The molecule has 1 aliphatic heterocycles. The van der Waals surface area contributed by atoms with Crippen LogP contribution in [0.4, 0.5) is 5.69 Å². The van der Waals surface area contributed by atoms with E-state index in [-0.39, 0.29) is 18.4 Å². The van der Waals surface area contributed by atoms with Crippen molar-refractivity contribution in [2.45, 2.75) is 18.9 Å². The highest BCUT2D eigenvalue weighted by molar-refractivity contribution is 6.35. The number of benzene rings is 2. The number of nitrogens with zero attached hydrogens (tertiary/aromatic N) is 1. The molecule has 2 unspecified atom stereocenters. The normalized spacial score (nSPS) is 19.1. The zero-order valence-corrected chi connectivity index (χ0v) is 15.9. The Kier molecular flexibility index (Phi) is 6.54. The predicted octanol–water partition coefficient (Wildman–Crippen LogP) is 4.38. The van der Waals surface area contributed by atoms with Crippen LogP contribution in [0.2, 0.25) is 10.0 Å². The molecule has 0 bridgehead atoms. The average molecular weight is 393 g/mol. The first-order valence-corrected chi connectivity index (χ1v) is 9.49. The molecule has 2 aromatic rings. The van der Waals surface area contributed by atoms with Crippen molar-refractivity contribution in [1.82, 2.24) is 4.90 Å². The number of nitrogens with one attached hydrogen (secondary N) is 1. The van der Waals surface area contributed by atoms with Gasteiger partial charge in [0.2, 0.25) is 5.91 Å². The molecule has 0 radical (unpaired) electrons. The molecule has 1 heterocycles. The summed E-state index contributed by atoms with van der Waals surface area (Å²) in [6.45, 7) is 1.66. The van der Waals surface area contributed by atoms with Crippen LogP contribution in [-0.2, 0) is 4.79 Å². The molecule has 1 aliphatic rings. The second-order valence-corrected chi connectivity index (χ2v) is 7.52. The number of amides is 1. The van der Waals surface area contributed by atoms with E-state index in [0.717, 1.165) is 24.9 Å². The summed E-state index contributed by atoms with van der Waals surface area (Å²) in [4.78, 5) is 15.3. The van der Waals surface area contributed by atoms with Gasteiger partial charge in [0.25, 0.3) is 0 Å². The first-order chi connectivity index (χ1) is 12.6. The third-order valence-electron chi connectivity index (χ3n) is 4.67. The van der Waals surface area contributed by atoms with Crippen molar-refractivity contribution in [2.75, 3.05) is 25.0 Å². The van der Waals surface area contributed by atoms with Crippen molar-refractivity contribution in [3.8, 4) is 0 Å². The van der Waals surface area contributed by atoms with E-state index in [9.17, 15) is 9.90 Å². The summed E-state index contributed by atoms with van der Waals surface area (Å²) in [5.74, 6) is 0.0662. The molecule has 138 valence electrons. The van der Waals surface area contributed by atoms with Crippen LogP contribution in [0.5, 0.6) is 0 Å². The Morgan fingerprint density at radius 2 is 1.88 bits per heavy atom. The molecule has 0 saturated carbocycles. The van der Waals surface area contributed by atoms with Crippen molar-refractivity contribution in [3.05, 3.63) is 64.1 Å². The number of aliphatic hydroxyl groups is 1. The minimum Gasteiger partial charge on any atom is -0.396 e. The maximum atomic E-state index is 13.1. The quantitative estimate of drug-likeness (QED) is 0.793. The fraction of sp³-hybridized carbons (Fsp3) is 0.350. The summed E-state index contributed by atoms with van der Waals surface area (Å²) in [5.41, 5.74) is 1.50. The lowest BCUT2D eigenvalue weighted by Crippen LogP contribution is -2.44. The van der Waals surface area contributed by atoms with Gasteiger partial charge in [-0.1, -0.05) is 53.5 Å². The van der Waals surface area contributed by atoms with Gasteiger partial charge in [-0.2, -0.15) is 0 Å². The average Bonchev–Trinajstić information content (AvgIpc) is 2.62. The highest BCUT2D eigenvalue weighted by atomic mass is 35.5. The van der Waals surface area contributed by atoms with E-state index < -0.39 is 6.04 Å². The van der Waals surface area contributed by atoms with Gasteiger partial charge in [0.15, 0.2) is 0 Å². The Labute approximate surface area is 163 Å². The highest BCUT2D eigenvalue weighted by Gasteiger charge is 2.31. The van der Waals surface area contributed by atoms with Gasteiger partial charge < -0.3 is 10.4 Å². The second-order valence-electron chi connectivity index (χ2n) is 6.65. The van der Waals surface area contributed by atoms with E-state index in [1.54, 1.807) is 18.2 Å². The van der Waals surface area contributed by atoms with Gasteiger partial charge in [-0.05, 0) is 49.1 Å². The van der Waals surface area contributed by atoms with Gasteiger partial charge in [0.05, 0.1) is 0 Å². The monoisotopic (exact) mass is 392 g/mol. The summed E-state index contributed by atoms with van der Waals surface area (Å²) < 4.78 is 0.